The van der Waals surface area contributed by atoms with Crippen molar-refractivity contribution in [1.82, 2.24) is 0 Å². The van der Waals surface area contributed by atoms with Crippen molar-refractivity contribution in [3.63, 3.8) is 0 Å². The molecule has 0 fully saturated rings. The van der Waals surface area contributed by atoms with Crippen LogP contribution in [0.5, 0.6) is 5.75 Å². The van der Waals surface area contributed by atoms with Gasteiger partial charge in [0, 0.05) is 10.9 Å². The van der Waals surface area contributed by atoms with Crippen LogP contribution in [0.3, 0.4) is 0 Å². The van der Waals surface area contributed by atoms with Crippen LogP contribution < -0.4 is 10.1 Å². The summed E-state index contributed by atoms with van der Waals surface area (Å²) in [5, 5.41) is 2.90. The van der Waals surface area contributed by atoms with Crippen LogP contribution in [0.1, 0.15) is 24.0 Å². The third kappa shape index (κ3) is 5.19. The van der Waals surface area contributed by atoms with E-state index in [2.05, 4.69) is 21.2 Å². The Morgan fingerprint density at radius 1 is 1.14 bits per heavy atom. The summed E-state index contributed by atoms with van der Waals surface area (Å²) < 4.78 is 6.54. The molecule has 2 rings (SSSR count). The zero-order chi connectivity index (χ0) is 15.9. The molecule has 22 heavy (non-hydrogen) atoms. The monoisotopic (exact) mass is 361 g/mol. The van der Waals surface area contributed by atoms with Gasteiger partial charge in [0.1, 0.15) is 5.75 Å². The van der Waals surface area contributed by atoms with E-state index in [0.717, 1.165) is 21.5 Å². The van der Waals surface area contributed by atoms with Crippen molar-refractivity contribution in [2.45, 2.75) is 26.7 Å². The van der Waals surface area contributed by atoms with Crippen LogP contribution in [0.15, 0.2) is 46.9 Å². The number of amides is 1. The van der Waals surface area contributed by atoms with Crippen molar-refractivity contribution in [3.8, 4) is 5.75 Å². The van der Waals surface area contributed by atoms with Crippen LogP contribution in [0.4, 0.5) is 5.69 Å². The van der Waals surface area contributed by atoms with E-state index in [9.17, 15) is 4.79 Å². The van der Waals surface area contributed by atoms with E-state index >= 15 is 0 Å². The molecular weight excluding hydrogens is 342 g/mol. The molecule has 2 aromatic carbocycles. The predicted molar refractivity (Wildman–Crippen MR) is 93.4 cm³/mol. The number of carbonyl (C=O) groups is 1. The van der Waals surface area contributed by atoms with Crippen LogP contribution in [0.25, 0.3) is 0 Å². The normalized spacial score (nSPS) is 10.3. The molecule has 0 aliphatic carbocycles. The van der Waals surface area contributed by atoms with Crippen LogP contribution in [0.2, 0.25) is 0 Å². The molecule has 0 heterocycles. The molecule has 0 atom stereocenters. The number of benzene rings is 2. The lowest BCUT2D eigenvalue weighted by atomic mass is 10.2. The second-order valence-electron chi connectivity index (χ2n) is 5.30. The van der Waals surface area contributed by atoms with Gasteiger partial charge in [-0.25, -0.2) is 0 Å². The number of aryl methyl sites for hydroxylation is 2. The lowest BCUT2D eigenvalue weighted by Crippen LogP contribution is -2.13. The first-order valence-electron chi connectivity index (χ1n) is 7.30. The van der Waals surface area contributed by atoms with Gasteiger partial charge in [-0.15, -0.1) is 0 Å². The van der Waals surface area contributed by atoms with Gasteiger partial charge in [-0.2, -0.15) is 0 Å². The van der Waals surface area contributed by atoms with Gasteiger partial charge < -0.3 is 10.1 Å². The average Bonchev–Trinajstić information content (AvgIpc) is 2.47. The van der Waals surface area contributed by atoms with Crippen LogP contribution in [0, 0.1) is 13.8 Å². The van der Waals surface area contributed by atoms with E-state index in [0.29, 0.717) is 19.4 Å². The molecule has 0 aliphatic rings. The van der Waals surface area contributed by atoms with Gasteiger partial charge in [-0.3, -0.25) is 4.79 Å². The highest BCUT2D eigenvalue weighted by Gasteiger charge is 2.06. The number of ether oxygens (including phenoxy) is 1. The fourth-order valence-electron chi connectivity index (χ4n) is 2.06. The molecule has 0 radical (unpaired) electrons. The Kier molecular flexibility index (Phi) is 6.01. The smallest absolute Gasteiger partial charge is 0.224 e. The van der Waals surface area contributed by atoms with Crippen LogP contribution in [-0.2, 0) is 4.79 Å². The number of rotatable bonds is 6. The van der Waals surface area contributed by atoms with Crippen molar-refractivity contribution in [3.05, 3.63) is 58.1 Å². The van der Waals surface area contributed by atoms with Gasteiger partial charge in [0.2, 0.25) is 5.91 Å². The molecule has 0 aliphatic heterocycles. The van der Waals surface area contributed by atoms with Crippen molar-refractivity contribution < 1.29 is 9.53 Å². The third-order valence-corrected chi connectivity index (χ3v) is 3.86. The fraction of sp³-hybridized carbons (Fsp3) is 0.278. The van der Waals surface area contributed by atoms with Gasteiger partial charge in [0.05, 0.1) is 12.3 Å². The van der Waals surface area contributed by atoms with Crippen LogP contribution in [-0.4, -0.2) is 12.5 Å². The molecule has 0 bridgehead atoms. The Bertz CT molecular complexity index is 655. The molecule has 0 spiro atoms. The first kappa shape index (κ1) is 16.6. The number of carbonyl (C=O) groups excluding carboxylic acids is 1. The van der Waals surface area contributed by atoms with Gasteiger partial charge in [-0.1, -0.05) is 18.2 Å². The van der Waals surface area contributed by atoms with Crippen molar-refractivity contribution in [2.75, 3.05) is 11.9 Å². The summed E-state index contributed by atoms with van der Waals surface area (Å²) in [7, 11) is 0. The summed E-state index contributed by atoms with van der Waals surface area (Å²) in [4.78, 5) is 11.9. The number of hydrogen-bond acceptors (Lipinski definition) is 2. The standard InChI is InChI=1S/C18H20BrNO2/c1-13-5-3-6-15(11-13)22-10-4-7-18(21)20-17-9-8-14(2)12-16(17)19/h3,5-6,8-9,11-12H,4,7,10H2,1-2H3,(H,20,21). The Morgan fingerprint density at radius 2 is 1.91 bits per heavy atom. The highest BCUT2D eigenvalue weighted by molar-refractivity contribution is 9.10. The minimum atomic E-state index is -0.00241. The summed E-state index contributed by atoms with van der Waals surface area (Å²) in [6, 6.07) is 13.8. The molecule has 0 saturated carbocycles. The van der Waals surface area contributed by atoms with Gasteiger partial charge in [0.25, 0.3) is 0 Å². The van der Waals surface area contributed by atoms with E-state index in [1.807, 2.05) is 56.3 Å². The zero-order valence-corrected chi connectivity index (χ0v) is 14.4. The molecule has 0 saturated heterocycles. The lowest BCUT2D eigenvalue weighted by Gasteiger charge is -2.09. The maximum Gasteiger partial charge on any atom is 0.224 e. The molecule has 4 heteroatoms. The summed E-state index contributed by atoms with van der Waals surface area (Å²) in [5.41, 5.74) is 3.12. The van der Waals surface area contributed by atoms with E-state index in [1.165, 1.54) is 5.56 Å². The number of hydrogen-bond donors (Lipinski definition) is 1. The van der Waals surface area contributed by atoms with E-state index in [1.54, 1.807) is 0 Å². The summed E-state index contributed by atoms with van der Waals surface area (Å²) in [6.07, 6.45) is 1.12. The third-order valence-electron chi connectivity index (χ3n) is 3.21. The fourth-order valence-corrected chi connectivity index (χ4v) is 2.65. The molecular formula is C18H20BrNO2. The van der Waals surface area contributed by atoms with Gasteiger partial charge in [-0.05, 0) is 71.6 Å². The summed E-state index contributed by atoms with van der Waals surface area (Å²) >= 11 is 3.46. The van der Waals surface area contributed by atoms with Crippen molar-refractivity contribution >= 4 is 27.5 Å². The Morgan fingerprint density at radius 3 is 2.64 bits per heavy atom. The zero-order valence-electron chi connectivity index (χ0n) is 12.9. The number of nitrogens with one attached hydrogen (secondary N) is 1. The van der Waals surface area contributed by atoms with Gasteiger partial charge in [0.15, 0.2) is 0 Å². The molecule has 116 valence electrons. The maximum absolute atomic E-state index is 11.9. The highest BCUT2D eigenvalue weighted by atomic mass is 79.9. The summed E-state index contributed by atoms with van der Waals surface area (Å²) in [5.74, 6) is 0.846. The topological polar surface area (TPSA) is 38.3 Å². The average molecular weight is 362 g/mol. The largest absolute Gasteiger partial charge is 0.494 e. The molecule has 1 amide bonds. The van der Waals surface area contributed by atoms with E-state index < -0.39 is 0 Å². The quantitative estimate of drug-likeness (QED) is 0.745. The molecule has 0 unspecified atom stereocenters. The first-order valence-corrected chi connectivity index (χ1v) is 8.09. The summed E-state index contributed by atoms with van der Waals surface area (Å²) in [6.45, 7) is 4.57. The lowest BCUT2D eigenvalue weighted by molar-refractivity contribution is -0.116. The molecule has 1 N–H and O–H groups in total. The molecule has 3 nitrogen and oxygen atoms in total. The Hall–Kier alpha value is -1.81. The molecule has 0 aromatic heterocycles. The predicted octanol–water partition coefficient (Wildman–Crippen LogP) is 4.86. The minimum absolute atomic E-state index is 0.00241. The number of halogens is 1. The van der Waals surface area contributed by atoms with Crippen molar-refractivity contribution in [1.29, 1.82) is 0 Å². The first-order chi connectivity index (χ1) is 10.5. The van der Waals surface area contributed by atoms with Crippen molar-refractivity contribution in [2.24, 2.45) is 0 Å². The van der Waals surface area contributed by atoms with Gasteiger partial charge >= 0.3 is 0 Å². The van der Waals surface area contributed by atoms with Crippen LogP contribution >= 0.6 is 15.9 Å². The highest BCUT2D eigenvalue weighted by Crippen LogP contribution is 2.23. The minimum Gasteiger partial charge on any atom is -0.494 e. The van der Waals surface area contributed by atoms with E-state index in [-0.39, 0.29) is 5.91 Å². The van der Waals surface area contributed by atoms with E-state index in [4.69, 9.17) is 4.74 Å². The second-order valence-corrected chi connectivity index (χ2v) is 6.15. The molecule has 2 aromatic rings. The Balaban J connectivity index is 1.74. The Labute approximate surface area is 139 Å². The second kappa shape index (κ2) is 7.99. The number of anilines is 1. The maximum atomic E-state index is 11.9. The SMILES string of the molecule is Cc1cccc(OCCCC(=O)Nc2ccc(C)cc2Br)c1.